The molecular formula is C19H28N6O. The van der Waals surface area contributed by atoms with Crippen molar-refractivity contribution >= 4 is 5.91 Å². The Morgan fingerprint density at radius 2 is 1.88 bits per heavy atom. The first-order chi connectivity index (χ1) is 12.5. The van der Waals surface area contributed by atoms with Crippen LogP contribution in [0.4, 0.5) is 0 Å². The van der Waals surface area contributed by atoms with Crippen molar-refractivity contribution in [3.63, 3.8) is 0 Å². The summed E-state index contributed by atoms with van der Waals surface area (Å²) >= 11 is 0. The first kappa shape index (κ1) is 18.5. The highest BCUT2D eigenvalue weighted by molar-refractivity contribution is 5.93. The van der Waals surface area contributed by atoms with Crippen LogP contribution in [0.2, 0.25) is 0 Å². The fraction of sp³-hybridized carbons (Fsp3) is 0.579. The molecule has 1 saturated heterocycles. The lowest BCUT2D eigenvalue weighted by molar-refractivity contribution is 0.0709. The van der Waals surface area contributed by atoms with Gasteiger partial charge in [0, 0.05) is 50.3 Å². The van der Waals surface area contributed by atoms with Gasteiger partial charge in [0.05, 0.1) is 5.56 Å². The summed E-state index contributed by atoms with van der Waals surface area (Å²) in [5, 5.41) is 0. The molecule has 7 nitrogen and oxygen atoms in total. The summed E-state index contributed by atoms with van der Waals surface area (Å²) in [6.07, 6.45) is 10.2. The number of piperidine rings is 1. The monoisotopic (exact) mass is 356 g/mol. The minimum absolute atomic E-state index is 0.0257. The number of likely N-dealkylation sites (tertiary alicyclic amines) is 1. The summed E-state index contributed by atoms with van der Waals surface area (Å²) < 4.78 is 2.28. The van der Waals surface area contributed by atoms with Crippen molar-refractivity contribution in [1.82, 2.24) is 29.3 Å². The maximum atomic E-state index is 12.6. The van der Waals surface area contributed by atoms with Crippen molar-refractivity contribution in [3.8, 4) is 0 Å². The lowest BCUT2D eigenvalue weighted by Crippen LogP contribution is -2.38. The fourth-order valence-electron chi connectivity index (χ4n) is 3.45. The SMILES string of the molecule is Cc1ncc(C(=O)N2CCC(c3nccn3CCCN(C)C)CC2)cn1. The molecule has 26 heavy (non-hydrogen) atoms. The molecule has 0 unspecified atom stereocenters. The van der Waals surface area contributed by atoms with Gasteiger partial charge in [-0.1, -0.05) is 0 Å². The highest BCUT2D eigenvalue weighted by atomic mass is 16.2. The van der Waals surface area contributed by atoms with Gasteiger partial charge >= 0.3 is 0 Å². The molecule has 7 heteroatoms. The predicted molar refractivity (Wildman–Crippen MR) is 100 cm³/mol. The number of nitrogens with zero attached hydrogens (tertiary/aromatic N) is 6. The van der Waals surface area contributed by atoms with Crippen molar-refractivity contribution in [3.05, 3.63) is 42.0 Å². The quantitative estimate of drug-likeness (QED) is 0.791. The minimum atomic E-state index is 0.0257. The molecule has 1 fully saturated rings. The van der Waals surface area contributed by atoms with E-state index in [4.69, 9.17) is 0 Å². The zero-order chi connectivity index (χ0) is 18.5. The van der Waals surface area contributed by atoms with Crippen LogP contribution in [-0.4, -0.2) is 69.0 Å². The molecule has 2 aromatic heterocycles. The van der Waals surface area contributed by atoms with Gasteiger partial charge in [0.1, 0.15) is 11.6 Å². The van der Waals surface area contributed by atoms with Crippen LogP contribution in [0, 0.1) is 6.92 Å². The molecular weight excluding hydrogens is 328 g/mol. The number of rotatable bonds is 6. The first-order valence-corrected chi connectivity index (χ1v) is 9.28. The van der Waals surface area contributed by atoms with Gasteiger partial charge in [-0.3, -0.25) is 4.79 Å². The van der Waals surface area contributed by atoms with Crippen molar-refractivity contribution in [2.24, 2.45) is 0 Å². The van der Waals surface area contributed by atoms with E-state index in [1.165, 1.54) is 0 Å². The van der Waals surface area contributed by atoms with E-state index in [0.29, 0.717) is 17.3 Å². The largest absolute Gasteiger partial charge is 0.339 e. The molecule has 0 saturated carbocycles. The summed E-state index contributed by atoms with van der Waals surface area (Å²) in [5.74, 6) is 2.29. The normalized spacial score (nSPS) is 15.6. The molecule has 0 bridgehead atoms. The molecule has 1 aliphatic heterocycles. The number of imidazole rings is 1. The minimum Gasteiger partial charge on any atom is -0.339 e. The summed E-state index contributed by atoms with van der Waals surface area (Å²) in [6, 6.07) is 0. The maximum absolute atomic E-state index is 12.6. The molecule has 3 rings (SSSR count). The Morgan fingerprint density at radius 3 is 2.54 bits per heavy atom. The summed E-state index contributed by atoms with van der Waals surface area (Å²) in [7, 11) is 4.20. The van der Waals surface area contributed by atoms with Gasteiger partial charge in [-0.05, 0) is 46.8 Å². The Bertz CT molecular complexity index is 716. The van der Waals surface area contributed by atoms with Crippen molar-refractivity contribution in [2.45, 2.75) is 38.6 Å². The second-order valence-corrected chi connectivity index (χ2v) is 7.22. The average molecular weight is 356 g/mol. The third-order valence-electron chi connectivity index (χ3n) is 4.93. The molecule has 0 atom stereocenters. The van der Waals surface area contributed by atoms with Crippen LogP contribution in [0.3, 0.4) is 0 Å². The van der Waals surface area contributed by atoms with Gasteiger partial charge in [-0.25, -0.2) is 15.0 Å². The molecule has 0 spiro atoms. The smallest absolute Gasteiger partial charge is 0.256 e. The van der Waals surface area contributed by atoms with Crippen LogP contribution < -0.4 is 0 Å². The number of hydrogen-bond donors (Lipinski definition) is 0. The second-order valence-electron chi connectivity index (χ2n) is 7.22. The Morgan fingerprint density at radius 1 is 1.19 bits per heavy atom. The zero-order valence-electron chi connectivity index (χ0n) is 15.9. The molecule has 0 radical (unpaired) electrons. The number of aryl methyl sites for hydroxylation is 2. The van der Waals surface area contributed by atoms with E-state index in [-0.39, 0.29) is 5.91 Å². The van der Waals surface area contributed by atoms with Gasteiger partial charge in [-0.15, -0.1) is 0 Å². The molecule has 0 aromatic carbocycles. The standard InChI is InChI=1S/C19H28N6O/c1-15-21-13-17(14-22-15)19(26)25-10-5-16(6-11-25)18-20-7-12-24(18)9-4-8-23(2)3/h7,12-14,16H,4-6,8-11H2,1-3H3. The van der Waals surface area contributed by atoms with Gasteiger partial charge < -0.3 is 14.4 Å². The number of carbonyl (C=O) groups excluding carboxylic acids is 1. The fourth-order valence-corrected chi connectivity index (χ4v) is 3.45. The van der Waals surface area contributed by atoms with Crippen LogP contribution in [0.5, 0.6) is 0 Å². The van der Waals surface area contributed by atoms with Crippen LogP contribution in [0.1, 0.15) is 47.2 Å². The second kappa shape index (κ2) is 8.40. The van der Waals surface area contributed by atoms with E-state index in [2.05, 4.69) is 44.7 Å². The van der Waals surface area contributed by atoms with Crippen LogP contribution in [-0.2, 0) is 6.54 Å². The molecule has 1 amide bonds. The molecule has 0 N–H and O–H groups in total. The van der Waals surface area contributed by atoms with Gasteiger partial charge in [0.15, 0.2) is 0 Å². The topological polar surface area (TPSA) is 67.2 Å². The Kier molecular flexibility index (Phi) is 5.98. The summed E-state index contributed by atoms with van der Waals surface area (Å²) in [5.41, 5.74) is 0.569. The van der Waals surface area contributed by atoms with Crippen molar-refractivity contribution < 1.29 is 4.79 Å². The van der Waals surface area contributed by atoms with Gasteiger partial charge in [0.25, 0.3) is 5.91 Å². The molecule has 2 aromatic rings. The van der Waals surface area contributed by atoms with E-state index < -0.39 is 0 Å². The Balaban J connectivity index is 1.56. The van der Waals surface area contributed by atoms with Crippen molar-refractivity contribution in [2.75, 3.05) is 33.7 Å². The van der Waals surface area contributed by atoms with E-state index in [1.54, 1.807) is 12.4 Å². The van der Waals surface area contributed by atoms with E-state index in [9.17, 15) is 4.79 Å². The number of amides is 1. The molecule has 3 heterocycles. The third-order valence-corrected chi connectivity index (χ3v) is 4.93. The van der Waals surface area contributed by atoms with E-state index >= 15 is 0 Å². The Labute approximate surface area is 155 Å². The lowest BCUT2D eigenvalue weighted by Gasteiger charge is -2.32. The summed E-state index contributed by atoms with van der Waals surface area (Å²) in [6.45, 7) is 5.39. The highest BCUT2D eigenvalue weighted by Gasteiger charge is 2.27. The zero-order valence-corrected chi connectivity index (χ0v) is 15.9. The average Bonchev–Trinajstić information content (AvgIpc) is 3.10. The van der Waals surface area contributed by atoms with E-state index in [0.717, 1.165) is 51.3 Å². The highest BCUT2D eigenvalue weighted by Crippen LogP contribution is 2.27. The number of carbonyl (C=O) groups is 1. The van der Waals surface area contributed by atoms with E-state index in [1.807, 2.05) is 18.0 Å². The van der Waals surface area contributed by atoms with Gasteiger partial charge in [-0.2, -0.15) is 0 Å². The lowest BCUT2D eigenvalue weighted by atomic mass is 9.95. The van der Waals surface area contributed by atoms with Crippen LogP contribution in [0.25, 0.3) is 0 Å². The maximum Gasteiger partial charge on any atom is 0.256 e. The third kappa shape index (κ3) is 4.46. The van der Waals surface area contributed by atoms with Crippen LogP contribution in [0.15, 0.2) is 24.8 Å². The summed E-state index contributed by atoms with van der Waals surface area (Å²) in [4.78, 5) is 29.6. The van der Waals surface area contributed by atoms with Crippen molar-refractivity contribution in [1.29, 1.82) is 0 Å². The number of hydrogen-bond acceptors (Lipinski definition) is 5. The Hall–Kier alpha value is -2.28. The van der Waals surface area contributed by atoms with Crippen LogP contribution >= 0.6 is 0 Å². The molecule has 0 aliphatic carbocycles. The van der Waals surface area contributed by atoms with Gasteiger partial charge in [0.2, 0.25) is 0 Å². The molecule has 1 aliphatic rings. The molecule has 140 valence electrons. The first-order valence-electron chi connectivity index (χ1n) is 9.28. The predicted octanol–water partition coefficient (Wildman–Crippen LogP) is 1.95. The number of aromatic nitrogens is 4.